The maximum absolute atomic E-state index is 6.02. The molecular formula is C21H23ClO2. The molecule has 2 aromatic carbocycles. The normalized spacial score (nSPS) is 11.9. The summed E-state index contributed by atoms with van der Waals surface area (Å²) in [4.78, 5) is 0. The molecule has 2 rings (SSSR count). The average molecular weight is 343 g/mol. The predicted octanol–water partition coefficient (Wildman–Crippen LogP) is 5.92. The van der Waals surface area contributed by atoms with Crippen molar-refractivity contribution in [2.75, 3.05) is 13.7 Å². The van der Waals surface area contributed by atoms with Crippen molar-refractivity contribution in [3.63, 3.8) is 0 Å². The molecule has 0 aromatic heterocycles. The summed E-state index contributed by atoms with van der Waals surface area (Å²) >= 11 is 6.02. The Morgan fingerprint density at radius 1 is 1.12 bits per heavy atom. The molecule has 0 aliphatic heterocycles. The lowest BCUT2D eigenvalue weighted by Gasteiger charge is -2.04. The van der Waals surface area contributed by atoms with E-state index >= 15 is 0 Å². The van der Waals surface area contributed by atoms with Gasteiger partial charge in [0.25, 0.3) is 0 Å². The highest BCUT2D eigenvalue weighted by molar-refractivity contribution is 6.32. The van der Waals surface area contributed by atoms with Gasteiger partial charge in [-0.25, -0.2) is 0 Å². The summed E-state index contributed by atoms with van der Waals surface area (Å²) in [7, 11) is 1.62. The maximum Gasteiger partial charge on any atom is 0.138 e. The Hall–Kier alpha value is -2.03. The van der Waals surface area contributed by atoms with Crippen LogP contribution in [0.25, 0.3) is 6.08 Å². The van der Waals surface area contributed by atoms with Crippen LogP contribution >= 0.6 is 11.6 Å². The van der Waals surface area contributed by atoms with Crippen LogP contribution in [0.3, 0.4) is 0 Å². The molecule has 0 N–H and O–H groups in total. The fourth-order valence-electron chi connectivity index (χ4n) is 2.18. The summed E-state index contributed by atoms with van der Waals surface area (Å²) in [6, 6.07) is 15.9. The van der Waals surface area contributed by atoms with Gasteiger partial charge in [-0.2, -0.15) is 0 Å². The first kappa shape index (κ1) is 18.3. The number of methoxy groups -OCH3 is 1. The third kappa shape index (κ3) is 6.23. The van der Waals surface area contributed by atoms with E-state index in [2.05, 4.69) is 25.1 Å². The zero-order valence-corrected chi connectivity index (χ0v) is 14.9. The molecule has 2 aromatic rings. The van der Waals surface area contributed by atoms with Gasteiger partial charge in [-0.05, 0) is 36.6 Å². The highest BCUT2D eigenvalue weighted by Gasteiger charge is 1.99. The van der Waals surface area contributed by atoms with E-state index < -0.39 is 0 Å². The topological polar surface area (TPSA) is 18.5 Å². The third-order valence-electron chi connectivity index (χ3n) is 3.60. The predicted molar refractivity (Wildman–Crippen MR) is 102 cm³/mol. The van der Waals surface area contributed by atoms with Gasteiger partial charge in [0, 0.05) is 0 Å². The molecule has 0 saturated carbocycles. The van der Waals surface area contributed by atoms with Crippen LogP contribution in [0.2, 0.25) is 5.02 Å². The zero-order chi connectivity index (χ0) is 17.2. The van der Waals surface area contributed by atoms with Crippen molar-refractivity contribution in [1.82, 2.24) is 0 Å². The monoisotopic (exact) mass is 342 g/mol. The van der Waals surface area contributed by atoms with Crippen LogP contribution in [0.5, 0.6) is 5.75 Å². The standard InChI is InChI=1S/C21H23ClO2/c1-17(13-14-24-16-19-8-4-3-5-9-19)7-6-10-18-11-12-20(22)21(15-18)23-2/h3-12,15H,13-14,16H2,1-2H3/b10-6+,17-7-. The molecule has 0 aliphatic rings. The Morgan fingerprint density at radius 2 is 1.92 bits per heavy atom. The van der Waals surface area contributed by atoms with E-state index in [0.717, 1.165) is 18.6 Å². The molecular weight excluding hydrogens is 320 g/mol. The van der Waals surface area contributed by atoms with Gasteiger partial charge < -0.3 is 9.47 Å². The summed E-state index contributed by atoms with van der Waals surface area (Å²) in [5, 5.41) is 0.622. The van der Waals surface area contributed by atoms with Gasteiger partial charge in [-0.3, -0.25) is 0 Å². The number of ether oxygens (including phenoxy) is 2. The Labute approximate surface area is 149 Å². The first-order chi connectivity index (χ1) is 11.7. The van der Waals surface area contributed by atoms with E-state index in [1.165, 1.54) is 11.1 Å². The molecule has 0 radical (unpaired) electrons. The molecule has 0 amide bonds. The molecule has 3 heteroatoms. The van der Waals surface area contributed by atoms with E-state index in [1.54, 1.807) is 7.11 Å². The smallest absolute Gasteiger partial charge is 0.138 e. The van der Waals surface area contributed by atoms with Crippen LogP contribution in [-0.4, -0.2) is 13.7 Å². The highest BCUT2D eigenvalue weighted by Crippen LogP contribution is 2.25. The van der Waals surface area contributed by atoms with Crippen LogP contribution in [0, 0.1) is 0 Å². The molecule has 2 nitrogen and oxygen atoms in total. The van der Waals surface area contributed by atoms with Crippen LogP contribution < -0.4 is 4.74 Å². The Balaban J connectivity index is 1.77. The molecule has 0 bridgehead atoms. The van der Waals surface area contributed by atoms with Crippen molar-refractivity contribution >= 4 is 17.7 Å². The largest absolute Gasteiger partial charge is 0.495 e. The first-order valence-corrected chi connectivity index (χ1v) is 8.36. The zero-order valence-electron chi connectivity index (χ0n) is 14.2. The molecule has 0 spiro atoms. The summed E-state index contributed by atoms with van der Waals surface area (Å²) in [6.45, 7) is 3.49. The van der Waals surface area contributed by atoms with Crippen molar-refractivity contribution in [1.29, 1.82) is 0 Å². The molecule has 0 heterocycles. The number of halogens is 1. The highest BCUT2D eigenvalue weighted by atomic mass is 35.5. The summed E-state index contributed by atoms with van der Waals surface area (Å²) < 4.78 is 10.9. The lowest BCUT2D eigenvalue weighted by atomic mass is 10.1. The lowest BCUT2D eigenvalue weighted by molar-refractivity contribution is 0.124. The quantitative estimate of drug-likeness (QED) is 0.438. The van der Waals surface area contributed by atoms with Gasteiger partial charge >= 0.3 is 0 Å². The fourth-order valence-corrected chi connectivity index (χ4v) is 2.38. The van der Waals surface area contributed by atoms with Crippen molar-refractivity contribution in [2.24, 2.45) is 0 Å². The number of benzene rings is 2. The first-order valence-electron chi connectivity index (χ1n) is 7.98. The molecule has 0 unspecified atom stereocenters. The van der Waals surface area contributed by atoms with E-state index in [9.17, 15) is 0 Å². The van der Waals surface area contributed by atoms with E-state index in [4.69, 9.17) is 21.1 Å². The van der Waals surface area contributed by atoms with Crippen molar-refractivity contribution in [2.45, 2.75) is 20.0 Å². The lowest BCUT2D eigenvalue weighted by Crippen LogP contribution is -1.95. The molecule has 0 saturated heterocycles. The second-order valence-corrected chi connectivity index (χ2v) is 5.96. The van der Waals surface area contributed by atoms with Gasteiger partial charge in [0.15, 0.2) is 0 Å². The minimum atomic E-state index is 0.622. The summed E-state index contributed by atoms with van der Waals surface area (Å²) in [5.74, 6) is 0.689. The Kier molecular flexibility index (Phi) is 7.60. The average Bonchev–Trinajstić information content (AvgIpc) is 2.61. The molecule has 0 fully saturated rings. The van der Waals surface area contributed by atoms with Crippen molar-refractivity contribution in [3.8, 4) is 5.75 Å². The molecule has 24 heavy (non-hydrogen) atoms. The number of allylic oxidation sites excluding steroid dienone is 2. The van der Waals surface area contributed by atoms with Gasteiger partial charge in [0.1, 0.15) is 5.75 Å². The second-order valence-electron chi connectivity index (χ2n) is 5.55. The number of hydrogen-bond acceptors (Lipinski definition) is 2. The van der Waals surface area contributed by atoms with Gasteiger partial charge in [0.05, 0.1) is 25.3 Å². The maximum atomic E-state index is 6.02. The minimum absolute atomic E-state index is 0.622. The second kappa shape index (κ2) is 9.96. The van der Waals surface area contributed by atoms with Crippen LogP contribution in [-0.2, 0) is 11.3 Å². The third-order valence-corrected chi connectivity index (χ3v) is 3.91. The molecule has 0 atom stereocenters. The van der Waals surface area contributed by atoms with Crippen molar-refractivity contribution in [3.05, 3.63) is 82.4 Å². The summed E-state index contributed by atoms with van der Waals surface area (Å²) in [5.41, 5.74) is 3.54. The molecule has 0 aliphatic carbocycles. The minimum Gasteiger partial charge on any atom is -0.495 e. The summed E-state index contributed by atoms with van der Waals surface area (Å²) in [6.07, 6.45) is 7.09. The SMILES string of the molecule is COc1cc(/C=C/C=C(/C)CCOCc2ccccc2)ccc1Cl. The van der Waals surface area contributed by atoms with Gasteiger partial charge in [-0.1, -0.05) is 71.8 Å². The van der Waals surface area contributed by atoms with Gasteiger partial charge in [-0.15, -0.1) is 0 Å². The number of rotatable bonds is 8. The van der Waals surface area contributed by atoms with Gasteiger partial charge in [0.2, 0.25) is 0 Å². The van der Waals surface area contributed by atoms with Crippen LogP contribution in [0.15, 0.2) is 66.3 Å². The van der Waals surface area contributed by atoms with Crippen LogP contribution in [0.4, 0.5) is 0 Å². The molecule has 126 valence electrons. The van der Waals surface area contributed by atoms with E-state index in [1.807, 2.05) is 48.6 Å². The Bertz CT molecular complexity index is 690. The van der Waals surface area contributed by atoms with E-state index in [-0.39, 0.29) is 0 Å². The Morgan fingerprint density at radius 3 is 2.67 bits per heavy atom. The van der Waals surface area contributed by atoms with Crippen molar-refractivity contribution < 1.29 is 9.47 Å². The van der Waals surface area contributed by atoms with E-state index in [0.29, 0.717) is 17.4 Å². The van der Waals surface area contributed by atoms with Crippen LogP contribution in [0.1, 0.15) is 24.5 Å². The fraction of sp³-hybridized carbons (Fsp3) is 0.238. The number of hydrogen-bond donors (Lipinski definition) is 0.